The molecule has 0 fully saturated rings. The van der Waals surface area contributed by atoms with Crippen LogP contribution in [0.25, 0.3) is 0 Å². The van der Waals surface area contributed by atoms with E-state index in [0.29, 0.717) is 0 Å². The largest absolute Gasteiger partial charge is 0.487 e. The fraction of sp³-hybridized carbons (Fsp3) is 0.429. The van der Waals surface area contributed by atoms with Crippen LogP contribution < -0.4 is 9.64 Å². The van der Waals surface area contributed by atoms with Crippen molar-refractivity contribution in [1.29, 1.82) is 0 Å². The number of aromatic nitrogens is 3. The average Bonchev–Trinajstić information content (AvgIpc) is 2.74. The van der Waals surface area contributed by atoms with Gasteiger partial charge < -0.3 is 9.64 Å². The van der Waals surface area contributed by atoms with E-state index in [2.05, 4.69) is 47.3 Å². The van der Waals surface area contributed by atoms with Crippen LogP contribution in [0.1, 0.15) is 18.2 Å². The Morgan fingerprint density at radius 2 is 2.26 bits per heavy atom. The molecule has 19 heavy (non-hydrogen) atoms. The first-order valence-corrected chi connectivity index (χ1v) is 6.49. The molecule has 1 aliphatic heterocycles. The van der Waals surface area contributed by atoms with Crippen molar-refractivity contribution in [3.05, 3.63) is 35.7 Å². The molecule has 0 amide bonds. The van der Waals surface area contributed by atoms with E-state index in [9.17, 15) is 0 Å². The normalized spacial score (nSPS) is 18.1. The number of hydrogen-bond acceptors (Lipinski definition) is 4. The number of hydrogen-bond donors (Lipinski definition) is 0. The molecule has 0 N–H and O–H groups in total. The number of fused-ring (bicyclic) bond motifs is 1. The molecule has 5 nitrogen and oxygen atoms in total. The zero-order chi connectivity index (χ0) is 13.4. The third kappa shape index (κ3) is 2.28. The molecule has 0 radical (unpaired) electrons. The number of anilines is 1. The molecule has 100 valence electrons. The van der Waals surface area contributed by atoms with Crippen molar-refractivity contribution in [1.82, 2.24) is 15.0 Å². The van der Waals surface area contributed by atoms with Crippen LogP contribution in [0.3, 0.4) is 0 Å². The molecule has 3 rings (SSSR count). The summed E-state index contributed by atoms with van der Waals surface area (Å²) in [4.78, 5) is 2.32. The Morgan fingerprint density at radius 3 is 3.00 bits per heavy atom. The maximum atomic E-state index is 5.91. The number of ether oxygens (including phenoxy) is 1. The number of aryl methyl sites for hydroxylation is 2. The average molecular weight is 258 g/mol. The molecule has 2 heterocycles. The van der Waals surface area contributed by atoms with Crippen molar-refractivity contribution in [2.45, 2.75) is 26.5 Å². The quantitative estimate of drug-likeness (QED) is 0.825. The summed E-state index contributed by atoms with van der Waals surface area (Å²) in [5, 5.41) is 7.91. The van der Waals surface area contributed by atoms with E-state index < -0.39 is 0 Å². The van der Waals surface area contributed by atoms with Gasteiger partial charge in [-0.05, 0) is 31.5 Å². The van der Waals surface area contributed by atoms with E-state index in [1.807, 2.05) is 17.9 Å². The molecule has 1 aliphatic rings. The van der Waals surface area contributed by atoms with Gasteiger partial charge in [0.1, 0.15) is 11.9 Å². The zero-order valence-corrected chi connectivity index (χ0v) is 11.5. The Balaban J connectivity index is 1.93. The van der Waals surface area contributed by atoms with Crippen molar-refractivity contribution >= 4 is 5.69 Å². The van der Waals surface area contributed by atoms with Crippen LogP contribution in [-0.2, 0) is 13.6 Å². The van der Waals surface area contributed by atoms with E-state index >= 15 is 0 Å². The highest BCUT2D eigenvalue weighted by atomic mass is 16.5. The van der Waals surface area contributed by atoms with Gasteiger partial charge in [-0.1, -0.05) is 11.3 Å². The van der Waals surface area contributed by atoms with Crippen molar-refractivity contribution < 1.29 is 4.74 Å². The summed E-state index contributed by atoms with van der Waals surface area (Å²) in [6.07, 6.45) is 2.00. The lowest BCUT2D eigenvalue weighted by atomic mass is 10.1. The van der Waals surface area contributed by atoms with E-state index in [1.54, 1.807) is 0 Å². The van der Waals surface area contributed by atoms with E-state index in [0.717, 1.165) is 30.2 Å². The van der Waals surface area contributed by atoms with Crippen molar-refractivity contribution in [3.63, 3.8) is 0 Å². The van der Waals surface area contributed by atoms with Gasteiger partial charge in [-0.15, -0.1) is 5.10 Å². The maximum Gasteiger partial charge on any atom is 0.143 e. The fourth-order valence-corrected chi connectivity index (χ4v) is 2.44. The maximum absolute atomic E-state index is 5.91. The van der Waals surface area contributed by atoms with Crippen molar-refractivity contribution in [2.75, 3.05) is 11.4 Å². The minimum Gasteiger partial charge on any atom is -0.487 e. The van der Waals surface area contributed by atoms with Crippen LogP contribution in [0.5, 0.6) is 5.75 Å². The van der Waals surface area contributed by atoms with Gasteiger partial charge in [0.25, 0.3) is 0 Å². The highest BCUT2D eigenvalue weighted by Gasteiger charge is 2.23. The van der Waals surface area contributed by atoms with Gasteiger partial charge in [-0.25, -0.2) is 0 Å². The second-order valence-electron chi connectivity index (χ2n) is 5.13. The predicted molar refractivity (Wildman–Crippen MR) is 73.3 cm³/mol. The standard InChI is InChI=1S/C14H18N4O/c1-10-4-5-13-14(6-10)19-11(2)8-18(13)9-12-7-15-16-17(12)3/h4-7,11H,8-9H2,1-3H3/t11-/m1/s1. The fourth-order valence-electron chi connectivity index (χ4n) is 2.44. The lowest BCUT2D eigenvalue weighted by Gasteiger charge is -2.35. The molecule has 1 aromatic heterocycles. The van der Waals surface area contributed by atoms with Gasteiger partial charge in [-0.3, -0.25) is 4.68 Å². The molecule has 0 bridgehead atoms. The Kier molecular flexibility index (Phi) is 2.89. The van der Waals surface area contributed by atoms with Crippen molar-refractivity contribution in [3.8, 4) is 5.75 Å². The predicted octanol–water partition coefficient (Wildman–Crippen LogP) is 1.91. The molecule has 0 aliphatic carbocycles. The molecule has 0 spiro atoms. The van der Waals surface area contributed by atoms with Crippen LogP contribution in [0.2, 0.25) is 0 Å². The van der Waals surface area contributed by atoms with Crippen LogP contribution in [0.15, 0.2) is 24.4 Å². The first-order chi connectivity index (χ1) is 9.13. The number of benzene rings is 1. The second kappa shape index (κ2) is 4.57. The highest BCUT2D eigenvalue weighted by molar-refractivity contribution is 5.61. The molecular formula is C14H18N4O. The Hall–Kier alpha value is -2.04. The Bertz CT molecular complexity index is 593. The highest BCUT2D eigenvalue weighted by Crippen LogP contribution is 2.34. The summed E-state index contributed by atoms with van der Waals surface area (Å²) in [6.45, 7) is 5.85. The van der Waals surface area contributed by atoms with Crippen molar-refractivity contribution in [2.24, 2.45) is 7.05 Å². The van der Waals surface area contributed by atoms with Gasteiger partial charge in [0.2, 0.25) is 0 Å². The van der Waals surface area contributed by atoms with Gasteiger partial charge in [0, 0.05) is 7.05 Å². The summed E-state index contributed by atoms with van der Waals surface area (Å²) < 4.78 is 7.73. The molecular weight excluding hydrogens is 240 g/mol. The Morgan fingerprint density at radius 1 is 1.42 bits per heavy atom. The monoisotopic (exact) mass is 258 g/mol. The first kappa shape index (κ1) is 12.0. The smallest absolute Gasteiger partial charge is 0.143 e. The molecule has 5 heteroatoms. The van der Waals surface area contributed by atoms with E-state index in [-0.39, 0.29) is 6.10 Å². The molecule has 1 aromatic carbocycles. The number of nitrogens with zero attached hydrogens (tertiary/aromatic N) is 4. The van der Waals surface area contributed by atoms with Gasteiger partial charge >= 0.3 is 0 Å². The third-order valence-electron chi connectivity index (χ3n) is 3.42. The minimum atomic E-state index is 0.190. The minimum absolute atomic E-state index is 0.190. The van der Waals surface area contributed by atoms with E-state index in [1.165, 1.54) is 5.56 Å². The summed E-state index contributed by atoms with van der Waals surface area (Å²) in [5.41, 5.74) is 3.46. The number of rotatable bonds is 2. The molecule has 0 unspecified atom stereocenters. The summed E-state index contributed by atoms with van der Waals surface area (Å²) in [7, 11) is 1.92. The van der Waals surface area contributed by atoms with Crippen LogP contribution in [0, 0.1) is 6.92 Å². The molecule has 2 aromatic rings. The summed E-state index contributed by atoms with van der Waals surface area (Å²) >= 11 is 0. The molecule has 0 saturated carbocycles. The van der Waals surface area contributed by atoms with Crippen LogP contribution in [0.4, 0.5) is 5.69 Å². The summed E-state index contributed by atoms with van der Waals surface area (Å²) in [5.74, 6) is 0.967. The third-order valence-corrected chi connectivity index (χ3v) is 3.42. The van der Waals surface area contributed by atoms with E-state index in [4.69, 9.17) is 4.74 Å². The Labute approximate surface area is 112 Å². The SMILES string of the molecule is Cc1ccc2c(c1)O[C@H](C)CN2Cc1cnnn1C. The summed E-state index contributed by atoms with van der Waals surface area (Å²) in [6, 6.07) is 6.34. The van der Waals surface area contributed by atoms with Gasteiger partial charge in [0.15, 0.2) is 0 Å². The molecule has 1 atom stereocenters. The molecule has 0 saturated heterocycles. The van der Waals surface area contributed by atoms with Crippen LogP contribution >= 0.6 is 0 Å². The first-order valence-electron chi connectivity index (χ1n) is 6.49. The second-order valence-corrected chi connectivity index (χ2v) is 5.13. The lowest BCUT2D eigenvalue weighted by Crippen LogP contribution is -2.38. The lowest BCUT2D eigenvalue weighted by molar-refractivity contribution is 0.211. The van der Waals surface area contributed by atoms with Crippen LogP contribution in [-0.4, -0.2) is 27.6 Å². The topological polar surface area (TPSA) is 43.2 Å². The zero-order valence-electron chi connectivity index (χ0n) is 11.5. The van der Waals surface area contributed by atoms with Gasteiger partial charge in [-0.2, -0.15) is 0 Å². The van der Waals surface area contributed by atoms with Gasteiger partial charge in [0.05, 0.1) is 30.7 Å².